The molecule has 14 heavy (non-hydrogen) atoms. The fourth-order valence-corrected chi connectivity index (χ4v) is 1.08. The molecule has 2 aromatic heterocycles. The highest BCUT2D eigenvalue weighted by Gasteiger charge is 2.04. The Hall–Kier alpha value is -2.11. The van der Waals surface area contributed by atoms with Gasteiger partial charge in [-0.2, -0.15) is 4.68 Å². The molecule has 0 amide bonds. The molecule has 0 saturated heterocycles. The molecule has 0 aromatic carbocycles. The van der Waals surface area contributed by atoms with Gasteiger partial charge in [0.1, 0.15) is 6.33 Å². The van der Waals surface area contributed by atoms with Crippen LogP contribution in [-0.4, -0.2) is 30.4 Å². The normalized spacial score (nSPS) is 10.1. The van der Waals surface area contributed by atoms with Crippen LogP contribution in [0.4, 0.5) is 0 Å². The molecule has 0 N–H and O–H groups in total. The summed E-state index contributed by atoms with van der Waals surface area (Å²) in [4.78, 5) is 0. The Morgan fingerprint density at radius 3 is 2.86 bits per heavy atom. The summed E-state index contributed by atoms with van der Waals surface area (Å²) in [5.74, 6) is 0.626. The Kier molecular flexibility index (Phi) is 2.02. The van der Waals surface area contributed by atoms with E-state index in [1.54, 1.807) is 6.08 Å². The fourth-order valence-electron chi connectivity index (χ4n) is 1.08. The van der Waals surface area contributed by atoms with E-state index in [9.17, 15) is 0 Å². The van der Waals surface area contributed by atoms with Gasteiger partial charge in [-0.25, -0.2) is 0 Å². The molecule has 0 aliphatic rings. The van der Waals surface area contributed by atoms with Crippen molar-refractivity contribution < 1.29 is 0 Å². The fraction of sp³-hybridized carbons (Fsp3) is 0.125. The third-order valence-electron chi connectivity index (χ3n) is 1.75. The van der Waals surface area contributed by atoms with Crippen molar-refractivity contribution in [2.45, 2.75) is 6.92 Å². The average Bonchev–Trinajstić information content (AvgIpc) is 2.70. The minimum Gasteiger partial charge on any atom is -0.180 e. The van der Waals surface area contributed by atoms with Crippen LogP contribution in [0, 0.1) is 6.92 Å². The number of rotatable bonds is 2. The van der Waals surface area contributed by atoms with Crippen molar-refractivity contribution in [2.24, 2.45) is 0 Å². The van der Waals surface area contributed by atoms with E-state index in [0.29, 0.717) is 5.82 Å². The van der Waals surface area contributed by atoms with Crippen molar-refractivity contribution in [1.29, 1.82) is 0 Å². The molecule has 0 saturated carbocycles. The lowest BCUT2D eigenvalue weighted by Gasteiger charge is -2.01. The Morgan fingerprint density at radius 2 is 2.29 bits per heavy atom. The standard InChI is InChI=1S/C8H8N6/c1-3-7-4-6(2)8(11-10-7)14-5-9-12-13-14/h3-5H,1H2,2H3. The Balaban J connectivity index is 2.51. The molecule has 6 heteroatoms. The van der Waals surface area contributed by atoms with Crippen LogP contribution in [0.3, 0.4) is 0 Å². The van der Waals surface area contributed by atoms with Crippen molar-refractivity contribution in [3.05, 3.63) is 30.2 Å². The molecule has 70 valence electrons. The van der Waals surface area contributed by atoms with Crippen LogP contribution >= 0.6 is 0 Å². The zero-order chi connectivity index (χ0) is 9.97. The van der Waals surface area contributed by atoms with Crippen LogP contribution in [0.15, 0.2) is 19.0 Å². The first-order valence-electron chi connectivity index (χ1n) is 4.01. The third-order valence-corrected chi connectivity index (χ3v) is 1.75. The number of tetrazole rings is 1. The van der Waals surface area contributed by atoms with Gasteiger partial charge in [0.25, 0.3) is 0 Å². The van der Waals surface area contributed by atoms with Gasteiger partial charge in [-0.1, -0.05) is 6.58 Å². The molecule has 0 bridgehead atoms. The van der Waals surface area contributed by atoms with Crippen molar-refractivity contribution in [3.8, 4) is 5.82 Å². The van der Waals surface area contributed by atoms with Crippen LogP contribution in [0.5, 0.6) is 0 Å². The van der Waals surface area contributed by atoms with Gasteiger partial charge in [-0.15, -0.1) is 15.3 Å². The lowest BCUT2D eigenvalue weighted by atomic mass is 10.2. The van der Waals surface area contributed by atoms with Gasteiger partial charge in [-0.05, 0) is 35.1 Å². The zero-order valence-electron chi connectivity index (χ0n) is 7.62. The molecule has 6 nitrogen and oxygen atoms in total. The lowest BCUT2D eigenvalue weighted by Crippen LogP contribution is -2.03. The summed E-state index contributed by atoms with van der Waals surface area (Å²) < 4.78 is 1.47. The van der Waals surface area contributed by atoms with Crippen LogP contribution in [0.1, 0.15) is 11.3 Å². The summed E-state index contributed by atoms with van der Waals surface area (Å²) >= 11 is 0. The third kappa shape index (κ3) is 1.37. The molecule has 0 fully saturated rings. The molecule has 0 radical (unpaired) electrons. The minimum atomic E-state index is 0.626. The molecular weight excluding hydrogens is 180 g/mol. The summed E-state index contributed by atoms with van der Waals surface area (Å²) in [7, 11) is 0. The predicted octanol–water partition coefficient (Wildman–Crippen LogP) is 0.404. The van der Waals surface area contributed by atoms with Crippen molar-refractivity contribution in [3.63, 3.8) is 0 Å². The molecule has 2 rings (SSSR count). The Morgan fingerprint density at radius 1 is 1.43 bits per heavy atom. The van der Waals surface area contributed by atoms with Gasteiger partial charge >= 0.3 is 0 Å². The largest absolute Gasteiger partial charge is 0.182 e. The molecule has 0 aliphatic carbocycles. The van der Waals surface area contributed by atoms with Crippen molar-refractivity contribution >= 4 is 6.08 Å². The van der Waals surface area contributed by atoms with E-state index in [-0.39, 0.29) is 0 Å². The SMILES string of the molecule is C=Cc1cc(C)c(-n2cnnn2)nn1. The molecular formula is C8H8N6. The average molecular weight is 188 g/mol. The van der Waals surface area contributed by atoms with E-state index >= 15 is 0 Å². The summed E-state index contributed by atoms with van der Waals surface area (Å²) in [6, 6.07) is 1.87. The summed E-state index contributed by atoms with van der Waals surface area (Å²) in [6.07, 6.45) is 3.12. The van der Waals surface area contributed by atoms with E-state index < -0.39 is 0 Å². The maximum absolute atomic E-state index is 3.99. The second-order valence-corrected chi connectivity index (χ2v) is 2.73. The highest BCUT2D eigenvalue weighted by atomic mass is 15.5. The predicted molar refractivity (Wildman–Crippen MR) is 49.6 cm³/mol. The van der Waals surface area contributed by atoms with E-state index in [1.165, 1.54) is 11.0 Å². The van der Waals surface area contributed by atoms with E-state index in [2.05, 4.69) is 32.3 Å². The van der Waals surface area contributed by atoms with Crippen LogP contribution in [0.2, 0.25) is 0 Å². The number of aryl methyl sites for hydroxylation is 1. The molecule has 0 atom stereocenters. The maximum Gasteiger partial charge on any atom is 0.182 e. The van der Waals surface area contributed by atoms with Crippen molar-refractivity contribution in [1.82, 2.24) is 30.4 Å². The Labute approximate surface area is 80.3 Å². The first kappa shape index (κ1) is 8.49. The second kappa shape index (κ2) is 3.33. The van der Waals surface area contributed by atoms with E-state index in [1.807, 2.05) is 13.0 Å². The van der Waals surface area contributed by atoms with Gasteiger partial charge in [0.2, 0.25) is 0 Å². The van der Waals surface area contributed by atoms with Gasteiger partial charge in [0.15, 0.2) is 5.82 Å². The molecule has 0 unspecified atom stereocenters. The van der Waals surface area contributed by atoms with Gasteiger partial charge in [0, 0.05) is 0 Å². The number of hydrogen-bond acceptors (Lipinski definition) is 5. The van der Waals surface area contributed by atoms with Crippen LogP contribution in [-0.2, 0) is 0 Å². The van der Waals surface area contributed by atoms with E-state index in [0.717, 1.165) is 11.3 Å². The first-order chi connectivity index (χ1) is 6.81. The quantitative estimate of drug-likeness (QED) is 0.682. The summed E-state index contributed by atoms with van der Waals surface area (Å²) in [5.41, 5.74) is 1.68. The molecule has 2 aromatic rings. The topological polar surface area (TPSA) is 69.4 Å². The van der Waals surface area contributed by atoms with E-state index in [4.69, 9.17) is 0 Å². The number of aromatic nitrogens is 6. The van der Waals surface area contributed by atoms with Gasteiger partial charge < -0.3 is 0 Å². The maximum atomic E-state index is 3.99. The first-order valence-corrected chi connectivity index (χ1v) is 4.01. The monoisotopic (exact) mass is 188 g/mol. The lowest BCUT2D eigenvalue weighted by molar-refractivity contribution is 0.748. The van der Waals surface area contributed by atoms with Crippen molar-refractivity contribution in [2.75, 3.05) is 0 Å². The smallest absolute Gasteiger partial charge is 0.180 e. The van der Waals surface area contributed by atoms with Gasteiger partial charge in [-0.3, -0.25) is 0 Å². The summed E-state index contributed by atoms with van der Waals surface area (Å²) in [5, 5.41) is 18.7. The second-order valence-electron chi connectivity index (χ2n) is 2.73. The highest BCUT2D eigenvalue weighted by molar-refractivity contribution is 5.44. The number of nitrogens with zero attached hydrogens (tertiary/aromatic N) is 6. The van der Waals surface area contributed by atoms with Crippen LogP contribution < -0.4 is 0 Å². The zero-order valence-corrected chi connectivity index (χ0v) is 7.62. The Bertz CT molecular complexity index is 447. The minimum absolute atomic E-state index is 0.626. The molecule has 2 heterocycles. The van der Waals surface area contributed by atoms with Crippen LogP contribution in [0.25, 0.3) is 11.9 Å². The highest BCUT2D eigenvalue weighted by Crippen LogP contribution is 2.08. The molecule has 0 aliphatic heterocycles. The number of hydrogen-bond donors (Lipinski definition) is 0. The molecule has 0 spiro atoms. The summed E-state index contributed by atoms with van der Waals surface area (Å²) in [6.45, 7) is 5.53. The van der Waals surface area contributed by atoms with Gasteiger partial charge in [0.05, 0.1) is 5.69 Å².